The summed E-state index contributed by atoms with van der Waals surface area (Å²) in [5.74, 6) is -0.277. The smallest absolute Gasteiger partial charge is 0.306 e. The van der Waals surface area contributed by atoms with Crippen LogP contribution >= 0.6 is 11.6 Å². The molecule has 1 aromatic rings. The molecular weight excluding hydrogens is 296 g/mol. The van der Waals surface area contributed by atoms with Crippen molar-refractivity contribution in [3.8, 4) is 5.75 Å². The molecule has 1 fully saturated rings. The first-order valence-corrected chi connectivity index (χ1v) is 7.86. The molecule has 19 heavy (non-hydrogen) atoms. The zero-order chi connectivity index (χ0) is 14.0. The lowest BCUT2D eigenvalue weighted by atomic mass is 10.2. The van der Waals surface area contributed by atoms with Crippen molar-refractivity contribution in [1.29, 1.82) is 0 Å². The quantitative estimate of drug-likeness (QED) is 0.772. The summed E-state index contributed by atoms with van der Waals surface area (Å²) in [7, 11) is -3.76. The topological polar surface area (TPSA) is 87.5 Å². The molecule has 1 unspecified atom stereocenters. The van der Waals surface area contributed by atoms with Gasteiger partial charge in [0.25, 0.3) is 5.56 Å². The Hall–Kier alpha value is -1.12. The summed E-state index contributed by atoms with van der Waals surface area (Å²) < 4.78 is 33.1. The molecule has 1 aromatic heterocycles. The predicted molar refractivity (Wildman–Crippen MR) is 67.8 cm³/mol. The van der Waals surface area contributed by atoms with Crippen molar-refractivity contribution in [1.82, 2.24) is 9.78 Å². The van der Waals surface area contributed by atoms with E-state index in [-0.39, 0.29) is 10.8 Å². The molecule has 7 nitrogen and oxygen atoms in total. The lowest BCUT2D eigenvalue weighted by Gasteiger charge is -2.23. The van der Waals surface area contributed by atoms with Gasteiger partial charge in [-0.3, -0.25) is 4.79 Å². The third-order valence-corrected chi connectivity index (χ3v) is 3.41. The Morgan fingerprint density at radius 1 is 1.53 bits per heavy atom. The minimum Gasteiger partial charge on any atom is -0.379 e. The van der Waals surface area contributed by atoms with Gasteiger partial charge in [0, 0.05) is 6.61 Å². The lowest BCUT2D eigenvalue weighted by Crippen LogP contribution is -2.31. The van der Waals surface area contributed by atoms with Crippen LogP contribution in [0, 0.1) is 0 Å². The highest BCUT2D eigenvalue weighted by molar-refractivity contribution is 7.86. The van der Waals surface area contributed by atoms with E-state index in [1.54, 1.807) is 0 Å². The van der Waals surface area contributed by atoms with Gasteiger partial charge in [-0.2, -0.15) is 18.2 Å². The molecule has 1 saturated heterocycles. The Labute approximate surface area is 115 Å². The molecule has 106 valence electrons. The maximum absolute atomic E-state index is 12.0. The van der Waals surface area contributed by atoms with Crippen LogP contribution in [0.3, 0.4) is 0 Å². The summed E-state index contributed by atoms with van der Waals surface area (Å²) >= 11 is 5.81. The van der Waals surface area contributed by atoms with Gasteiger partial charge in [-0.15, -0.1) is 0 Å². The molecule has 0 aliphatic carbocycles. The van der Waals surface area contributed by atoms with E-state index in [0.717, 1.165) is 30.0 Å². The Kier molecular flexibility index (Phi) is 4.12. The molecule has 1 aliphatic rings. The number of ether oxygens (including phenoxy) is 1. The summed E-state index contributed by atoms with van der Waals surface area (Å²) in [4.78, 5) is 12.0. The molecule has 0 saturated carbocycles. The predicted octanol–water partition coefficient (Wildman–Crippen LogP) is 0.934. The molecule has 0 spiro atoms. The van der Waals surface area contributed by atoms with Gasteiger partial charge in [0.2, 0.25) is 0 Å². The molecule has 0 radical (unpaired) electrons. The Morgan fingerprint density at radius 2 is 2.26 bits per heavy atom. The highest BCUT2D eigenvalue weighted by Gasteiger charge is 2.21. The van der Waals surface area contributed by atoms with E-state index in [2.05, 4.69) is 9.28 Å². The van der Waals surface area contributed by atoms with Crippen LogP contribution in [0.5, 0.6) is 5.75 Å². The summed E-state index contributed by atoms with van der Waals surface area (Å²) in [5.41, 5.74) is -0.630. The molecule has 0 N–H and O–H groups in total. The molecule has 2 rings (SSSR count). The van der Waals surface area contributed by atoms with E-state index in [1.807, 2.05) is 0 Å². The molecule has 1 aliphatic heterocycles. The number of hydrogen-bond donors (Lipinski definition) is 0. The summed E-state index contributed by atoms with van der Waals surface area (Å²) in [5, 5.41) is 3.53. The largest absolute Gasteiger partial charge is 0.379 e. The van der Waals surface area contributed by atoms with Crippen LogP contribution < -0.4 is 9.74 Å². The zero-order valence-corrected chi connectivity index (χ0v) is 11.8. The fourth-order valence-corrected chi connectivity index (χ4v) is 2.44. The van der Waals surface area contributed by atoms with Crippen molar-refractivity contribution in [3.63, 3.8) is 0 Å². The summed E-state index contributed by atoms with van der Waals surface area (Å²) in [6.07, 6.45) is 4.02. The Bertz CT molecular complexity index is 621. The Balaban J connectivity index is 2.34. The molecule has 0 aromatic carbocycles. The lowest BCUT2D eigenvalue weighted by molar-refractivity contribution is -0.0425. The van der Waals surface area contributed by atoms with Crippen molar-refractivity contribution in [2.75, 3.05) is 12.9 Å². The first-order valence-electron chi connectivity index (χ1n) is 5.67. The minimum atomic E-state index is -3.76. The van der Waals surface area contributed by atoms with Crippen LogP contribution in [0.15, 0.2) is 11.0 Å². The number of hydrogen-bond acceptors (Lipinski definition) is 6. The second kappa shape index (κ2) is 5.48. The van der Waals surface area contributed by atoms with Crippen molar-refractivity contribution < 1.29 is 17.3 Å². The molecule has 2 heterocycles. The maximum Gasteiger partial charge on any atom is 0.306 e. The monoisotopic (exact) mass is 308 g/mol. The molecule has 0 amide bonds. The van der Waals surface area contributed by atoms with Gasteiger partial charge in [0.05, 0.1) is 12.5 Å². The van der Waals surface area contributed by atoms with Crippen LogP contribution in [0.25, 0.3) is 0 Å². The molecule has 0 bridgehead atoms. The molecular formula is C10H13ClN2O5S. The van der Waals surface area contributed by atoms with Gasteiger partial charge >= 0.3 is 10.1 Å². The van der Waals surface area contributed by atoms with E-state index < -0.39 is 21.9 Å². The molecule has 9 heteroatoms. The summed E-state index contributed by atoms with van der Waals surface area (Å²) in [6, 6.07) is 0. The van der Waals surface area contributed by atoms with Gasteiger partial charge in [-0.25, -0.2) is 0 Å². The van der Waals surface area contributed by atoms with Gasteiger partial charge in [-0.05, 0) is 19.3 Å². The van der Waals surface area contributed by atoms with Gasteiger partial charge in [0.15, 0.2) is 17.0 Å². The number of rotatable bonds is 3. The van der Waals surface area contributed by atoms with Gasteiger partial charge < -0.3 is 8.92 Å². The van der Waals surface area contributed by atoms with Gasteiger partial charge in [0.1, 0.15) is 0 Å². The van der Waals surface area contributed by atoms with E-state index in [1.165, 1.54) is 0 Å². The average molecular weight is 309 g/mol. The fraction of sp³-hybridized carbons (Fsp3) is 0.600. The third-order valence-electron chi connectivity index (χ3n) is 2.58. The third kappa shape index (κ3) is 3.46. The standard InChI is InChI=1S/C10H13ClN2O5S/c1-19(15,16)18-7-6-12-13(10(14)9(7)11)8-4-2-3-5-17-8/h6,8H,2-5H2,1H3. The molecule has 1 atom stereocenters. The zero-order valence-electron chi connectivity index (χ0n) is 10.2. The fourth-order valence-electron chi connectivity index (χ4n) is 1.77. The number of aromatic nitrogens is 2. The Morgan fingerprint density at radius 3 is 2.84 bits per heavy atom. The van der Waals surface area contributed by atoms with E-state index in [4.69, 9.17) is 16.3 Å². The van der Waals surface area contributed by atoms with Crippen molar-refractivity contribution in [2.24, 2.45) is 0 Å². The number of nitrogens with zero attached hydrogens (tertiary/aromatic N) is 2. The SMILES string of the molecule is CS(=O)(=O)Oc1cnn(C2CCCCO2)c(=O)c1Cl. The van der Waals surface area contributed by atoms with Crippen molar-refractivity contribution in [2.45, 2.75) is 25.5 Å². The second-order valence-electron chi connectivity index (χ2n) is 4.18. The van der Waals surface area contributed by atoms with Crippen LogP contribution in [-0.4, -0.2) is 31.1 Å². The maximum atomic E-state index is 12.0. The van der Waals surface area contributed by atoms with Crippen molar-refractivity contribution >= 4 is 21.7 Å². The first-order chi connectivity index (χ1) is 8.88. The average Bonchev–Trinajstić information content (AvgIpc) is 2.35. The van der Waals surface area contributed by atoms with E-state index in [9.17, 15) is 13.2 Å². The van der Waals surface area contributed by atoms with Crippen LogP contribution in [-0.2, 0) is 14.9 Å². The van der Waals surface area contributed by atoms with Crippen molar-refractivity contribution in [3.05, 3.63) is 21.6 Å². The highest BCUT2D eigenvalue weighted by atomic mass is 35.5. The normalized spacial score (nSPS) is 20.2. The van der Waals surface area contributed by atoms with Crippen LogP contribution in [0.4, 0.5) is 0 Å². The van der Waals surface area contributed by atoms with E-state index >= 15 is 0 Å². The first kappa shape index (κ1) is 14.3. The highest BCUT2D eigenvalue weighted by Crippen LogP contribution is 2.24. The second-order valence-corrected chi connectivity index (χ2v) is 6.13. The van der Waals surface area contributed by atoms with Crippen LogP contribution in [0.1, 0.15) is 25.5 Å². The van der Waals surface area contributed by atoms with Gasteiger partial charge in [-0.1, -0.05) is 11.6 Å². The van der Waals surface area contributed by atoms with Crippen LogP contribution in [0.2, 0.25) is 5.02 Å². The van der Waals surface area contributed by atoms with E-state index in [0.29, 0.717) is 13.0 Å². The summed E-state index contributed by atoms with van der Waals surface area (Å²) in [6.45, 7) is 0.554. The minimum absolute atomic E-state index is 0.277. The number of halogens is 1.